The van der Waals surface area contributed by atoms with E-state index in [0.717, 1.165) is 0 Å². The summed E-state index contributed by atoms with van der Waals surface area (Å²) in [6.45, 7) is 2.53. The van der Waals surface area contributed by atoms with Gasteiger partial charge in [0.1, 0.15) is 23.0 Å². The van der Waals surface area contributed by atoms with Gasteiger partial charge >= 0.3 is 0 Å². The Kier molecular flexibility index (Phi) is 3.25. The van der Waals surface area contributed by atoms with Gasteiger partial charge in [-0.25, -0.2) is 4.98 Å². The molecule has 0 aliphatic rings. The van der Waals surface area contributed by atoms with Crippen molar-refractivity contribution in [3.63, 3.8) is 0 Å². The first-order chi connectivity index (χ1) is 5.22. The number of halogens is 2. The van der Waals surface area contributed by atoms with Gasteiger partial charge in [0.15, 0.2) is 0 Å². The van der Waals surface area contributed by atoms with Gasteiger partial charge in [0.05, 0.1) is 25.2 Å². The number of hydrogen-bond donors (Lipinski definition) is 0. The molecule has 0 bridgehead atoms. The first-order valence-electron chi connectivity index (χ1n) is 3.17. The Morgan fingerprint density at radius 2 is 2.64 bits per heavy atom. The van der Waals surface area contributed by atoms with Crippen LogP contribution in [0, 0.1) is 5.95 Å². The van der Waals surface area contributed by atoms with Crippen molar-refractivity contribution in [3.05, 3.63) is 18.5 Å². The first kappa shape index (κ1) is 8.92. The zero-order valence-corrected chi connectivity index (χ0v) is 8.16. The van der Waals surface area contributed by atoms with E-state index in [2.05, 4.69) is 4.98 Å². The Labute approximate surface area is 78.3 Å². The summed E-state index contributed by atoms with van der Waals surface area (Å²) >= 11 is 1.82. The smallest absolute Gasteiger partial charge is 0.230 e. The summed E-state index contributed by atoms with van der Waals surface area (Å²) in [7, 11) is 0. The van der Waals surface area contributed by atoms with Crippen LogP contribution in [0.5, 0.6) is 0 Å². The molecule has 1 atom stereocenters. The maximum absolute atomic E-state index is 12.3. The van der Waals surface area contributed by atoms with E-state index in [-0.39, 0.29) is 6.10 Å². The molecule has 0 fully saturated rings. The van der Waals surface area contributed by atoms with Gasteiger partial charge in [-0.05, 0) is 6.92 Å². The first-order valence-corrected chi connectivity index (χ1v) is 4.05. The largest absolute Gasteiger partial charge is 0.332 e. The highest BCUT2D eigenvalue weighted by molar-refractivity contribution is 14.1. The number of rotatable bonds is 3. The summed E-state index contributed by atoms with van der Waals surface area (Å²) in [5.41, 5.74) is 0. The third-order valence-corrected chi connectivity index (χ3v) is 2.09. The summed E-state index contributed by atoms with van der Waals surface area (Å²) in [5, 5.41) is 0. The van der Waals surface area contributed by atoms with E-state index < -0.39 is 5.95 Å². The molecule has 1 aromatic rings. The molecule has 0 aliphatic heterocycles. The highest BCUT2D eigenvalue weighted by Gasteiger charge is 2.02. The van der Waals surface area contributed by atoms with Crippen molar-refractivity contribution in [2.24, 2.45) is 0 Å². The van der Waals surface area contributed by atoms with Gasteiger partial charge in [0.2, 0.25) is 5.95 Å². The summed E-state index contributed by atoms with van der Waals surface area (Å²) in [4.78, 5) is 3.44. The van der Waals surface area contributed by atoms with Crippen LogP contribution >= 0.6 is 23.0 Å². The van der Waals surface area contributed by atoms with Crippen molar-refractivity contribution < 1.29 is 7.46 Å². The van der Waals surface area contributed by atoms with Crippen LogP contribution in [-0.2, 0) is 9.61 Å². The summed E-state index contributed by atoms with van der Waals surface area (Å²) in [6.07, 6.45) is 2.86. The van der Waals surface area contributed by atoms with Crippen LogP contribution < -0.4 is 0 Å². The van der Waals surface area contributed by atoms with Gasteiger partial charge in [0.25, 0.3) is 0 Å². The lowest BCUT2D eigenvalue weighted by molar-refractivity contribution is 0.275. The molecule has 1 aromatic heterocycles. The van der Waals surface area contributed by atoms with Gasteiger partial charge in [-0.3, -0.25) is 0 Å². The molecule has 0 saturated carbocycles. The highest BCUT2D eigenvalue weighted by atomic mass is 127. The fourth-order valence-corrected chi connectivity index (χ4v) is 0.919. The van der Waals surface area contributed by atoms with Crippen molar-refractivity contribution in [2.45, 2.75) is 19.6 Å². The zero-order chi connectivity index (χ0) is 8.27. The van der Waals surface area contributed by atoms with Crippen molar-refractivity contribution in [1.82, 2.24) is 9.55 Å². The average molecular weight is 270 g/mol. The molecule has 11 heavy (non-hydrogen) atoms. The fraction of sp³-hybridized carbons (Fsp3) is 0.500. The van der Waals surface area contributed by atoms with Crippen molar-refractivity contribution in [2.75, 3.05) is 0 Å². The normalized spacial score (nSPS) is 13.4. The maximum atomic E-state index is 12.3. The molecule has 0 aromatic carbocycles. The van der Waals surface area contributed by atoms with Gasteiger partial charge in [0, 0.05) is 0 Å². The summed E-state index contributed by atoms with van der Waals surface area (Å²) < 4.78 is 18.9. The monoisotopic (exact) mass is 270 g/mol. The average Bonchev–Trinajstić information content (AvgIpc) is 2.35. The lowest BCUT2D eigenvalue weighted by Crippen LogP contribution is -2.10. The third-order valence-electron chi connectivity index (χ3n) is 1.22. The van der Waals surface area contributed by atoms with Crippen LogP contribution in [0.2, 0.25) is 0 Å². The third kappa shape index (κ3) is 2.74. The van der Waals surface area contributed by atoms with Crippen molar-refractivity contribution >= 4 is 23.0 Å². The second-order valence-electron chi connectivity index (χ2n) is 2.29. The Morgan fingerprint density at radius 1 is 1.91 bits per heavy atom. The number of nitrogens with zero attached hydrogens (tertiary/aromatic N) is 2. The van der Waals surface area contributed by atoms with Crippen LogP contribution in [0.3, 0.4) is 0 Å². The standard InChI is InChI=1S/C6H8FIN2O/c1-5(11-8)2-10-3-6(7)9-4-10/h3-5H,2H2,1H3/t5-/m0/s1. The lowest BCUT2D eigenvalue weighted by Gasteiger charge is -2.06. The van der Waals surface area contributed by atoms with E-state index in [1.165, 1.54) is 12.5 Å². The Hall–Kier alpha value is -0.170. The van der Waals surface area contributed by atoms with Crippen molar-refractivity contribution in [1.29, 1.82) is 0 Å². The highest BCUT2D eigenvalue weighted by Crippen LogP contribution is 2.02. The Bertz CT molecular complexity index is 228. The second-order valence-corrected chi connectivity index (χ2v) is 2.80. The van der Waals surface area contributed by atoms with E-state index >= 15 is 0 Å². The van der Waals surface area contributed by atoms with E-state index in [1.54, 1.807) is 4.57 Å². The molecule has 1 rings (SSSR count). The molecular formula is C6H8FIN2O. The van der Waals surface area contributed by atoms with Crippen LogP contribution in [0.25, 0.3) is 0 Å². The molecule has 0 spiro atoms. The zero-order valence-electron chi connectivity index (χ0n) is 6.00. The number of hydrogen-bond acceptors (Lipinski definition) is 2. The van der Waals surface area contributed by atoms with Gasteiger partial charge in [-0.1, -0.05) is 0 Å². The second kappa shape index (κ2) is 4.01. The summed E-state index contributed by atoms with van der Waals surface area (Å²) in [5.74, 6) is -0.453. The minimum atomic E-state index is -0.453. The molecule has 1 heterocycles. The Morgan fingerprint density at radius 3 is 3.09 bits per heavy atom. The van der Waals surface area contributed by atoms with Gasteiger partial charge in [-0.2, -0.15) is 4.39 Å². The predicted molar refractivity (Wildman–Crippen MR) is 46.8 cm³/mol. The molecular weight excluding hydrogens is 262 g/mol. The predicted octanol–water partition coefficient (Wildman–Crippen LogP) is 1.78. The van der Waals surface area contributed by atoms with Crippen LogP contribution in [0.15, 0.2) is 12.5 Å². The lowest BCUT2D eigenvalue weighted by atomic mass is 10.4. The van der Waals surface area contributed by atoms with Gasteiger partial charge in [-0.15, -0.1) is 0 Å². The number of aromatic nitrogens is 2. The minimum absolute atomic E-state index is 0.0733. The quantitative estimate of drug-likeness (QED) is 0.783. The van der Waals surface area contributed by atoms with E-state index in [1.807, 2.05) is 29.9 Å². The molecule has 0 aliphatic carbocycles. The maximum Gasteiger partial charge on any atom is 0.230 e. The van der Waals surface area contributed by atoms with Crippen LogP contribution in [0.1, 0.15) is 6.92 Å². The summed E-state index contributed by atoms with van der Waals surface area (Å²) in [6, 6.07) is 0. The van der Waals surface area contributed by atoms with Crippen molar-refractivity contribution in [3.8, 4) is 0 Å². The minimum Gasteiger partial charge on any atom is -0.332 e. The number of imidazole rings is 1. The van der Waals surface area contributed by atoms with E-state index in [9.17, 15) is 4.39 Å². The molecule has 62 valence electrons. The van der Waals surface area contributed by atoms with Crippen LogP contribution in [0.4, 0.5) is 4.39 Å². The molecule has 3 nitrogen and oxygen atoms in total. The van der Waals surface area contributed by atoms with E-state index in [0.29, 0.717) is 6.54 Å². The Balaban J connectivity index is 2.50. The molecule has 0 amide bonds. The molecule has 0 N–H and O–H groups in total. The van der Waals surface area contributed by atoms with E-state index in [4.69, 9.17) is 3.07 Å². The topological polar surface area (TPSA) is 27.1 Å². The molecule has 0 radical (unpaired) electrons. The molecule has 0 saturated heterocycles. The van der Waals surface area contributed by atoms with Crippen LogP contribution in [-0.4, -0.2) is 15.7 Å². The SMILES string of the molecule is C[C@@H](Cn1cnc(F)c1)OI. The fourth-order valence-electron chi connectivity index (χ4n) is 0.758. The van der Waals surface area contributed by atoms with Gasteiger partial charge < -0.3 is 7.63 Å². The molecule has 5 heteroatoms. The molecule has 0 unspecified atom stereocenters.